The van der Waals surface area contributed by atoms with E-state index in [2.05, 4.69) is 15.4 Å². The second-order valence-corrected chi connectivity index (χ2v) is 5.82. The minimum absolute atomic E-state index is 0.0411. The fourth-order valence-electron chi connectivity index (χ4n) is 2.96. The van der Waals surface area contributed by atoms with Crippen molar-refractivity contribution < 1.29 is 9.90 Å². The van der Waals surface area contributed by atoms with Gasteiger partial charge >= 0.3 is 0 Å². The van der Waals surface area contributed by atoms with Crippen LogP contribution in [0.15, 0.2) is 48.9 Å². The number of amides is 1. The number of fused-ring (bicyclic) bond motifs is 2. The molecular weight excluding hydrogens is 318 g/mol. The average Bonchev–Trinajstić information content (AvgIpc) is 3.03. The Kier molecular flexibility index (Phi) is 3.91. The van der Waals surface area contributed by atoms with E-state index < -0.39 is 0 Å². The van der Waals surface area contributed by atoms with Crippen LogP contribution >= 0.6 is 0 Å². The second-order valence-electron chi connectivity index (χ2n) is 5.82. The molecule has 0 saturated carbocycles. The summed E-state index contributed by atoms with van der Waals surface area (Å²) < 4.78 is 1.69. The molecule has 0 atom stereocenters. The maximum Gasteiger partial charge on any atom is 0.214 e. The van der Waals surface area contributed by atoms with Gasteiger partial charge in [0.05, 0.1) is 37.3 Å². The Morgan fingerprint density at radius 1 is 1.28 bits per heavy atom. The first kappa shape index (κ1) is 15.3. The zero-order chi connectivity index (χ0) is 17.2. The number of hydrogen-bond acceptors (Lipinski definition) is 5. The van der Waals surface area contributed by atoms with Crippen molar-refractivity contribution in [3.63, 3.8) is 0 Å². The summed E-state index contributed by atoms with van der Waals surface area (Å²) in [5.74, 6) is 0.761. The van der Waals surface area contributed by atoms with Gasteiger partial charge in [-0.2, -0.15) is 5.10 Å². The number of rotatable bonds is 4. The van der Waals surface area contributed by atoms with Crippen LogP contribution in [0.5, 0.6) is 0 Å². The zero-order valence-electron chi connectivity index (χ0n) is 13.5. The molecule has 1 amide bonds. The Morgan fingerprint density at radius 3 is 3.04 bits per heavy atom. The Balaban J connectivity index is 1.75. The second kappa shape index (κ2) is 6.37. The summed E-state index contributed by atoms with van der Waals surface area (Å²) in [5, 5.41) is 16.6. The van der Waals surface area contributed by atoms with Gasteiger partial charge < -0.3 is 15.3 Å². The summed E-state index contributed by atoms with van der Waals surface area (Å²) in [6.07, 6.45) is 6.19. The van der Waals surface area contributed by atoms with E-state index in [1.165, 1.54) is 0 Å². The minimum Gasteiger partial charge on any atom is -0.394 e. The number of anilines is 3. The molecule has 2 aromatic heterocycles. The van der Waals surface area contributed by atoms with Gasteiger partial charge in [-0.05, 0) is 23.8 Å². The minimum atomic E-state index is 0.0411. The molecule has 0 bridgehead atoms. The van der Waals surface area contributed by atoms with E-state index in [9.17, 15) is 4.79 Å². The molecule has 0 saturated heterocycles. The van der Waals surface area contributed by atoms with Gasteiger partial charge in [-0.1, -0.05) is 12.1 Å². The molecule has 4 rings (SSSR count). The molecule has 1 aromatic carbocycles. The molecule has 1 aliphatic rings. The Morgan fingerprint density at radius 2 is 2.20 bits per heavy atom. The van der Waals surface area contributed by atoms with Crippen molar-refractivity contribution in [2.75, 3.05) is 16.8 Å². The van der Waals surface area contributed by atoms with E-state index in [1.54, 1.807) is 22.0 Å². The summed E-state index contributed by atoms with van der Waals surface area (Å²) >= 11 is 0. The summed E-state index contributed by atoms with van der Waals surface area (Å²) in [6, 6.07) is 9.69. The van der Waals surface area contributed by atoms with Crippen molar-refractivity contribution in [3.8, 4) is 11.1 Å². The van der Waals surface area contributed by atoms with E-state index in [-0.39, 0.29) is 6.61 Å². The summed E-state index contributed by atoms with van der Waals surface area (Å²) in [4.78, 5) is 17.7. The molecule has 126 valence electrons. The number of nitrogens with zero attached hydrogens (tertiary/aromatic N) is 4. The van der Waals surface area contributed by atoms with Gasteiger partial charge in [0.15, 0.2) is 0 Å². The number of aromatic nitrogens is 3. The highest BCUT2D eigenvalue weighted by molar-refractivity contribution is 5.90. The van der Waals surface area contributed by atoms with Gasteiger partial charge in [-0.15, -0.1) is 0 Å². The molecule has 2 N–H and O–H groups in total. The summed E-state index contributed by atoms with van der Waals surface area (Å²) in [6.45, 7) is 0.952. The van der Waals surface area contributed by atoms with Crippen molar-refractivity contribution in [2.24, 2.45) is 0 Å². The van der Waals surface area contributed by atoms with Gasteiger partial charge in [0.25, 0.3) is 0 Å². The van der Waals surface area contributed by atoms with Gasteiger partial charge in [0.2, 0.25) is 6.41 Å². The highest BCUT2D eigenvalue weighted by Gasteiger charge is 2.20. The van der Waals surface area contributed by atoms with Crippen LogP contribution in [0, 0.1) is 0 Å². The standard InChI is InChI=1S/C18H17N5O2/c24-7-6-23-11-15(9-20-23)13-3-4-16-17(8-13)22(12-25)10-14-2-1-5-19-18(14)21-16/h1-5,8-9,11-12,24H,6-7,10H2,(H,19,21). The lowest BCUT2D eigenvalue weighted by atomic mass is 10.1. The van der Waals surface area contributed by atoms with E-state index >= 15 is 0 Å². The van der Waals surface area contributed by atoms with Crippen LogP contribution in [-0.2, 0) is 17.9 Å². The predicted molar refractivity (Wildman–Crippen MR) is 94.5 cm³/mol. The number of benzene rings is 1. The molecule has 3 aromatic rings. The van der Waals surface area contributed by atoms with Crippen LogP contribution < -0.4 is 10.2 Å². The number of pyridine rings is 1. The fraction of sp³-hybridized carbons (Fsp3) is 0.167. The van der Waals surface area contributed by atoms with Crippen molar-refractivity contribution in [1.29, 1.82) is 0 Å². The number of carbonyl (C=O) groups is 1. The molecule has 1 aliphatic heterocycles. The van der Waals surface area contributed by atoms with E-state index in [0.717, 1.165) is 40.3 Å². The zero-order valence-corrected chi connectivity index (χ0v) is 13.5. The van der Waals surface area contributed by atoms with Gasteiger partial charge in [-0.3, -0.25) is 9.48 Å². The first-order valence-electron chi connectivity index (χ1n) is 7.99. The number of aliphatic hydroxyl groups is 1. The van der Waals surface area contributed by atoms with Crippen molar-refractivity contribution in [2.45, 2.75) is 13.1 Å². The quantitative estimate of drug-likeness (QED) is 0.714. The topological polar surface area (TPSA) is 83.3 Å². The SMILES string of the molecule is O=CN1Cc2cccnc2Nc2ccc(-c3cnn(CCO)c3)cc21. The maximum absolute atomic E-state index is 11.7. The van der Waals surface area contributed by atoms with Crippen molar-refractivity contribution in [3.05, 3.63) is 54.5 Å². The lowest BCUT2D eigenvalue weighted by molar-refractivity contribution is -0.107. The molecule has 0 aliphatic carbocycles. The largest absolute Gasteiger partial charge is 0.394 e. The highest BCUT2D eigenvalue weighted by Crippen LogP contribution is 2.36. The molecule has 0 fully saturated rings. The first-order chi connectivity index (χ1) is 12.3. The lowest BCUT2D eigenvalue weighted by Crippen LogP contribution is -2.19. The van der Waals surface area contributed by atoms with Gasteiger partial charge in [0.1, 0.15) is 5.82 Å². The van der Waals surface area contributed by atoms with Crippen LogP contribution in [0.3, 0.4) is 0 Å². The molecule has 25 heavy (non-hydrogen) atoms. The van der Waals surface area contributed by atoms with Crippen LogP contribution in [0.4, 0.5) is 17.2 Å². The van der Waals surface area contributed by atoms with Crippen LogP contribution in [0.2, 0.25) is 0 Å². The van der Waals surface area contributed by atoms with Crippen LogP contribution in [-0.4, -0.2) is 32.9 Å². The average molecular weight is 335 g/mol. The summed E-state index contributed by atoms with van der Waals surface area (Å²) in [5.41, 5.74) is 4.47. The van der Waals surface area contributed by atoms with Crippen LogP contribution in [0.1, 0.15) is 5.56 Å². The van der Waals surface area contributed by atoms with Crippen molar-refractivity contribution >= 4 is 23.6 Å². The third-order valence-corrected chi connectivity index (χ3v) is 4.22. The molecule has 0 unspecified atom stereocenters. The van der Waals surface area contributed by atoms with Gasteiger partial charge in [0, 0.05) is 23.5 Å². The van der Waals surface area contributed by atoms with Gasteiger partial charge in [-0.25, -0.2) is 4.98 Å². The number of carbonyl (C=O) groups excluding carboxylic acids is 1. The molecule has 7 heteroatoms. The first-order valence-corrected chi connectivity index (χ1v) is 7.99. The smallest absolute Gasteiger partial charge is 0.214 e. The summed E-state index contributed by atoms with van der Waals surface area (Å²) in [7, 11) is 0. The highest BCUT2D eigenvalue weighted by atomic mass is 16.3. The maximum atomic E-state index is 11.7. The number of nitrogens with one attached hydrogen (secondary N) is 1. The Hall–Kier alpha value is -3.19. The molecule has 7 nitrogen and oxygen atoms in total. The molecule has 0 spiro atoms. The Labute approximate surface area is 144 Å². The normalized spacial score (nSPS) is 12.8. The van der Waals surface area contributed by atoms with E-state index in [4.69, 9.17) is 5.11 Å². The molecular formula is C18H17N5O2. The molecule has 3 heterocycles. The van der Waals surface area contributed by atoms with E-state index in [0.29, 0.717) is 13.1 Å². The Bertz CT molecular complexity index is 921. The monoisotopic (exact) mass is 335 g/mol. The third-order valence-electron chi connectivity index (χ3n) is 4.22. The lowest BCUT2D eigenvalue weighted by Gasteiger charge is -2.18. The van der Waals surface area contributed by atoms with E-state index in [1.807, 2.05) is 36.5 Å². The third kappa shape index (κ3) is 2.85. The predicted octanol–water partition coefficient (Wildman–Crippen LogP) is 2.16. The molecule has 0 radical (unpaired) electrons. The fourth-order valence-corrected chi connectivity index (χ4v) is 2.96. The van der Waals surface area contributed by atoms with Crippen LogP contribution in [0.25, 0.3) is 11.1 Å². The van der Waals surface area contributed by atoms with Crippen molar-refractivity contribution in [1.82, 2.24) is 14.8 Å². The number of aliphatic hydroxyl groups excluding tert-OH is 1. The number of hydrogen-bond donors (Lipinski definition) is 2.